The number of benzene rings is 1. The van der Waals surface area contributed by atoms with Gasteiger partial charge in [0, 0.05) is 37.6 Å². The second-order valence-electron chi connectivity index (χ2n) is 5.18. The van der Waals surface area contributed by atoms with E-state index in [1.165, 1.54) is 23.1 Å². The minimum Gasteiger partial charge on any atom is -0.356 e. The van der Waals surface area contributed by atoms with Crippen molar-refractivity contribution in [2.24, 2.45) is 4.99 Å². The lowest BCUT2D eigenvalue weighted by atomic mass is 10.1. The third-order valence-corrected chi connectivity index (χ3v) is 4.50. The average Bonchev–Trinajstić information content (AvgIpc) is 3.05. The Morgan fingerprint density at radius 2 is 1.88 bits per heavy atom. The molecule has 0 radical (unpaired) electrons. The Labute approximate surface area is 162 Å². The number of rotatable bonds is 6. The van der Waals surface area contributed by atoms with Crippen LogP contribution in [0.1, 0.15) is 10.4 Å². The molecule has 24 heavy (non-hydrogen) atoms. The maximum atomic E-state index is 13.6. The van der Waals surface area contributed by atoms with Gasteiger partial charge in [0.25, 0.3) is 0 Å². The lowest BCUT2D eigenvalue weighted by molar-refractivity contribution is 0.485. The SMILES string of the molecule is CN=C(NCCc1c(F)cccc1F)N(C)CCc1cccs1.I. The predicted octanol–water partition coefficient (Wildman–Crippen LogP) is 3.94. The molecule has 0 saturated carbocycles. The first-order chi connectivity index (χ1) is 11.1. The molecule has 0 aliphatic carbocycles. The van der Waals surface area contributed by atoms with E-state index in [1.807, 2.05) is 18.0 Å². The first-order valence-corrected chi connectivity index (χ1v) is 8.37. The van der Waals surface area contributed by atoms with Gasteiger partial charge in [0.15, 0.2) is 5.96 Å². The monoisotopic (exact) mass is 465 g/mol. The van der Waals surface area contributed by atoms with Gasteiger partial charge in [0.1, 0.15) is 11.6 Å². The van der Waals surface area contributed by atoms with Gasteiger partial charge in [-0.25, -0.2) is 8.78 Å². The molecule has 0 fully saturated rings. The van der Waals surface area contributed by atoms with Gasteiger partial charge in [-0.3, -0.25) is 4.99 Å². The highest BCUT2D eigenvalue weighted by Gasteiger charge is 2.10. The molecule has 0 aliphatic heterocycles. The van der Waals surface area contributed by atoms with Crippen LogP contribution in [0.25, 0.3) is 0 Å². The minimum atomic E-state index is -0.507. The molecule has 2 rings (SSSR count). The highest BCUT2D eigenvalue weighted by molar-refractivity contribution is 14.0. The van der Waals surface area contributed by atoms with Crippen molar-refractivity contribution in [3.8, 4) is 0 Å². The normalized spacial score (nSPS) is 11.1. The van der Waals surface area contributed by atoms with Crippen LogP contribution in [0.3, 0.4) is 0 Å². The van der Waals surface area contributed by atoms with Crippen LogP contribution in [0.15, 0.2) is 40.7 Å². The maximum Gasteiger partial charge on any atom is 0.193 e. The van der Waals surface area contributed by atoms with Crippen LogP contribution in [0.4, 0.5) is 8.78 Å². The summed E-state index contributed by atoms with van der Waals surface area (Å²) in [7, 11) is 3.65. The summed E-state index contributed by atoms with van der Waals surface area (Å²) in [5.41, 5.74) is 0.108. The first kappa shape index (κ1) is 20.8. The third kappa shape index (κ3) is 6.01. The Bertz CT molecular complexity index is 627. The molecule has 1 heterocycles. The second-order valence-corrected chi connectivity index (χ2v) is 6.21. The van der Waals surface area contributed by atoms with Gasteiger partial charge >= 0.3 is 0 Å². The summed E-state index contributed by atoms with van der Waals surface area (Å²) in [5.74, 6) is -0.293. The number of halogens is 3. The van der Waals surface area contributed by atoms with Crippen molar-refractivity contribution in [3.63, 3.8) is 0 Å². The molecular formula is C17H22F2IN3S. The number of thiophene rings is 1. The van der Waals surface area contributed by atoms with E-state index in [2.05, 4.69) is 21.8 Å². The van der Waals surface area contributed by atoms with E-state index in [0.29, 0.717) is 6.54 Å². The number of likely N-dealkylation sites (N-methyl/N-ethyl adjacent to an activating group) is 1. The van der Waals surface area contributed by atoms with Crippen LogP contribution in [0.2, 0.25) is 0 Å². The number of hydrogen-bond acceptors (Lipinski definition) is 2. The van der Waals surface area contributed by atoms with Gasteiger partial charge in [0.05, 0.1) is 0 Å². The fraction of sp³-hybridized carbons (Fsp3) is 0.353. The molecule has 0 saturated heterocycles. The van der Waals surface area contributed by atoms with Gasteiger partial charge in [-0.05, 0) is 36.4 Å². The molecule has 0 amide bonds. The fourth-order valence-corrected chi connectivity index (χ4v) is 2.99. The number of aliphatic imine (C=N–C) groups is 1. The molecule has 132 valence electrons. The molecule has 0 atom stereocenters. The van der Waals surface area contributed by atoms with Crippen molar-refractivity contribution in [2.45, 2.75) is 12.8 Å². The van der Waals surface area contributed by atoms with Crippen LogP contribution in [0, 0.1) is 11.6 Å². The molecule has 0 aliphatic rings. The second kappa shape index (κ2) is 10.6. The molecule has 3 nitrogen and oxygen atoms in total. The van der Waals surface area contributed by atoms with E-state index in [9.17, 15) is 8.78 Å². The number of nitrogens with zero attached hydrogens (tertiary/aromatic N) is 2. The number of nitrogens with one attached hydrogen (secondary N) is 1. The lowest BCUT2D eigenvalue weighted by Gasteiger charge is -2.22. The standard InChI is InChI=1S/C17H21F2N3S.HI/c1-20-17(22(2)11-9-13-5-4-12-23-13)21-10-8-14-15(18)6-3-7-16(14)19;/h3-7,12H,8-11H2,1-2H3,(H,20,21);1H. The van der Waals surface area contributed by atoms with E-state index in [0.717, 1.165) is 18.9 Å². The average molecular weight is 465 g/mol. The topological polar surface area (TPSA) is 27.6 Å². The molecule has 1 aromatic heterocycles. The minimum absolute atomic E-state index is 0. The Kier molecular flexibility index (Phi) is 9.20. The van der Waals surface area contributed by atoms with E-state index < -0.39 is 11.6 Å². The first-order valence-electron chi connectivity index (χ1n) is 7.49. The Morgan fingerprint density at radius 3 is 2.46 bits per heavy atom. The molecule has 2 aromatic rings. The Hall–Kier alpha value is -1.22. The highest BCUT2D eigenvalue weighted by atomic mass is 127. The molecule has 0 bridgehead atoms. The Morgan fingerprint density at radius 1 is 1.17 bits per heavy atom. The maximum absolute atomic E-state index is 13.6. The predicted molar refractivity (Wildman–Crippen MR) is 107 cm³/mol. The van der Waals surface area contributed by atoms with Gasteiger partial charge in [-0.1, -0.05) is 12.1 Å². The number of guanidine groups is 1. The summed E-state index contributed by atoms with van der Waals surface area (Å²) < 4.78 is 27.2. The molecule has 7 heteroatoms. The van der Waals surface area contributed by atoms with Gasteiger partial charge in [0.2, 0.25) is 0 Å². The summed E-state index contributed by atoms with van der Waals surface area (Å²) in [6, 6.07) is 8.07. The third-order valence-electron chi connectivity index (χ3n) is 3.57. The van der Waals surface area contributed by atoms with E-state index in [1.54, 1.807) is 18.4 Å². The van der Waals surface area contributed by atoms with Crippen LogP contribution >= 0.6 is 35.3 Å². The highest BCUT2D eigenvalue weighted by Crippen LogP contribution is 2.12. The molecule has 1 aromatic carbocycles. The van der Waals surface area contributed by atoms with Gasteiger partial charge in [-0.15, -0.1) is 35.3 Å². The van der Waals surface area contributed by atoms with Crippen LogP contribution in [0.5, 0.6) is 0 Å². The molecule has 0 spiro atoms. The molecular weight excluding hydrogens is 443 g/mol. The summed E-state index contributed by atoms with van der Waals surface area (Å²) in [6.45, 7) is 1.25. The van der Waals surface area contributed by atoms with Crippen molar-refractivity contribution in [3.05, 3.63) is 57.8 Å². The van der Waals surface area contributed by atoms with Crippen molar-refractivity contribution in [1.82, 2.24) is 10.2 Å². The summed E-state index contributed by atoms with van der Waals surface area (Å²) in [4.78, 5) is 7.54. The van der Waals surface area contributed by atoms with Crippen molar-refractivity contribution >= 4 is 41.3 Å². The zero-order valence-corrected chi connectivity index (χ0v) is 16.9. The Balaban J connectivity index is 0.00000288. The molecule has 0 unspecified atom stereocenters. The number of hydrogen-bond donors (Lipinski definition) is 1. The van der Waals surface area contributed by atoms with Gasteiger partial charge < -0.3 is 10.2 Å². The van der Waals surface area contributed by atoms with Crippen LogP contribution in [-0.4, -0.2) is 38.0 Å². The summed E-state index contributed by atoms with van der Waals surface area (Å²) in [6.07, 6.45) is 1.22. The van der Waals surface area contributed by atoms with E-state index >= 15 is 0 Å². The van der Waals surface area contributed by atoms with E-state index in [4.69, 9.17) is 0 Å². The quantitative estimate of drug-likeness (QED) is 0.398. The van der Waals surface area contributed by atoms with Gasteiger partial charge in [-0.2, -0.15) is 0 Å². The van der Waals surface area contributed by atoms with Crippen molar-refractivity contribution < 1.29 is 8.78 Å². The zero-order valence-electron chi connectivity index (χ0n) is 13.8. The summed E-state index contributed by atoms with van der Waals surface area (Å²) >= 11 is 1.73. The lowest BCUT2D eigenvalue weighted by Crippen LogP contribution is -2.40. The van der Waals surface area contributed by atoms with Crippen LogP contribution in [-0.2, 0) is 12.8 Å². The van der Waals surface area contributed by atoms with E-state index in [-0.39, 0.29) is 36.0 Å². The van der Waals surface area contributed by atoms with Crippen molar-refractivity contribution in [2.75, 3.05) is 27.2 Å². The summed E-state index contributed by atoms with van der Waals surface area (Å²) in [5, 5.41) is 5.21. The largest absolute Gasteiger partial charge is 0.356 e. The zero-order chi connectivity index (χ0) is 16.7. The molecule has 1 N–H and O–H groups in total. The van der Waals surface area contributed by atoms with Crippen molar-refractivity contribution in [1.29, 1.82) is 0 Å². The fourth-order valence-electron chi connectivity index (χ4n) is 2.29. The smallest absolute Gasteiger partial charge is 0.193 e. The van der Waals surface area contributed by atoms with Crippen LogP contribution < -0.4 is 5.32 Å².